The Kier molecular flexibility index (Phi) is 7.14. The monoisotopic (exact) mass is 384 g/mol. The van der Waals surface area contributed by atoms with Gasteiger partial charge in [-0.15, -0.1) is 12.4 Å². The molecule has 0 spiro atoms. The first kappa shape index (κ1) is 20.2. The van der Waals surface area contributed by atoms with Gasteiger partial charge in [-0.05, 0) is 17.7 Å². The number of esters is 1. The minimum atomic E-state index is -0.545. The van der Waals surface area contributed by atoms with E-state index in [2.05, 4.69) is 15.3 Å². The highest BCUT2D eigenvalue weighted by Crippen LogP contribution is 2.20. The summed E-state index contributed by atoms with van der Waals surface area (Å²) in [6.07, 6.45) is 1.96. The van der Waals surface area contributed by atoms with Gasteiger partial charge in [-0.2, -0.15) is 0 Å². The second-order valence-corrected chi connectivity index (χ2v) is 5.82. The second-order valence-electron chi connectivity index (χ2n) is 5.82. The zero-order chi connectivity index (χ0) is 18.4. The van der Waals surface area contributed by atoms with Crippen molar-refractivity contribution in [3.8, 4) is 11.3 Å². The predicted molar refractivity (Wildman–Crippen MR) is 109 cm³/mol. The summed E-state index contributed by atoms with van der Waals surface area (Å²) < 4.78 is 4.93. The van der Waals surface area contributed by atoms with Gasteiger partial charge in [0.2, 0.25) is 0 Å². The maximum Gasteiger partial charge on any atom is 0.328 e. The fourth-order valence-corrected chi connectivity index (χ4v) is 2.61. The van der Waals surface area contributed by atoms with Gasteiger partial charge in [-0.25, -0.2) is 14.8 Å². The number of nitrogens with one attached hydrogen (secondary N) is 1. The van der Waals surface area contributed by atoms with Gasteiger partial charge in [0.15, 0.2) is 0 Å². The highest BCUT2D eigenvalue weighted by atomic mass is 35.5. The van der Waals surface area contributed by atoms with E-state index in [4.69, 9.17) is 10.5 Å². The summed E-state index contributed by atoms with van der Waals surface area (Å²) >= 11 is 0. The number of aromatic nitrogens is 2. The Hall–Kier alpha value is -3.12. The number of hydrogen-bond acceptors (Lipinski definition) is 6. The number of ether oxygens (including phenoxy) is 1. The molecule has 0 radical (unpaired) electrons. The van der Waals surface area contributed by atoms with Crippen molar-refractivity contribution in [1.29, 1.82) is 0 Å². The van der Waals surface area contributed by atoms with E-state index in [1.807, 2.05) is 54.6 Å². The van der Waals surface area contributed by atoms with Crippen molar-refractivity contribution in [2.24, 2.45) is 0 Å². The molecule has 3 aromatic rings. The molecule has 3 rings (SSSR count). The van der Waals surface area contributed by atoms with Crippen LogP contribution in [-0.4, -0.2) is 29.1 Å². The van der Waals surface area contributed by atoms with Crippen LogP contribution in [-0.2, 0) is 16.0 Å². The molecule has 0 aliphatic rings. The third-order valence-corrected chi connectivity index (χ3v) is 3.96. The van der Waals surface area contributed by atoms with Crippen molar-refractivity contribution in [3.63, 3.8) is 0 Å². The molecule has 1 aromatic heterocycles. The molecule has 1 heterocycles. The quantitative estimate of drug-likeness (QED) is 0.500. The first-order valence-electron chi connectivity index (χ1n) is 8.22. The number of nitrogens with zero attached hydrogens (tertiary/aromatic N) is 2. The van der Waals surface area contributed by atoms with Crippen LogP contribution >= 0.6 is 12.4 Å². The zero-order valence-electron chi connectivity index (χ0n) is 14.8. The number of nitrogens with two attached hydrogens (primary N) is 1. The molecule has 0 unspecified atom stereocenters. The maximum absolute atomic E-state index is 12.2. The van der Waals surface area contributed by atoms with Gasteiger partial charge in [0.05, 0.1) is 12.8 Å². The minimum absolute atomic E-state index is 0. The average molecular weight is 385 g/mol. The minimum Gasteiger partial charge on any atom is -0.467 e. The Bertz CT molecular complexity index is 873. The molecule has 140 valence electrons. The number of rotatable bonds is 6. The van der Waals surface area contributed by atoms with E-state index in [-0.39, 0.29) is 18.4 Å². The summed E-state index contributed by atoms with van der Waals surface area (Å²) in [5.74, 6) is 0.208. The van der Waals surface area contributed by atoms with E-state index in [0.29, 0.717) is 17.9 Å². The van der Waals surface area contributed by atoms with Crippen LogP contribution in [0.5, 0.6) is 0 Å². The molecule has 27 heavy (non-hydrogen) atoms. The summed E-state index contributed by atoms with van der Waals surface area (Å²) in [6, 6.07) is 18.4. The molecule has 0 aliphatic carbocycles. The average Bonchev–Trinajstić information content (AvgIpc) is 2.68. The Balaban J connectivity index is 0.00000261. The SMILES string of the molecule is COC(=O)[C@H](Cc1ccccc1)Nc1cc(-c2ccc(N)cc2)ncn1.Cl. The molecule has 3 N–H and O–H groups in total. The van der Waals surface area contributed by atoms with Crippen LogP contribution < -0.4 is 11.1 Å². The van der Waals surface area contributed by atoms with Crippen molar-refractivity contribution in [2.75, 3.05) is 18.2 Å². The lowest BCUT2D eigenvalue weighted by Gasteiger charge is -2.17. The molecular weight excluding hydrogens is 364 g/mol. The molecule has 0 bridgehead atoms. The molecular formula is C20H21ClN4O2. The summed E-state index contributed by atoms with van der Waals surface area (Å²) in [7, 11) is 1.38. The fraction of sp³-hybridized carbons (Fsp3) is 0.150. The lowest BCUT2D eigenvalue weighted by molar-refractivity contribution is -0.141. The summed E-state index contributed by atoms with van der Waals surface area (Å²) in [6.45, 7) is 0. The number of anilines is 2. The molecule has 0 saturated heterocycles. The van der Waals surface area contributed by atoms with Crippen molar-refractivity contribution in [3.05, 3.63) is 72.6 Å². The van der Waals surface area contributed by atoms with Gasteiger partial charge < -0.3 is 15.8 Å². The van der Waals surface area contributed by atoms with E-state index in [1.165, 1.54) is 13.4 Å². The van der Waals surface area contributed by atoms with Crippen LogP contribution in [0.15, 0.2) is 67.0 Å². The highest BCUT2D eigenvalue weighted by Gasteiger charge is 2.20. The Morgan fingerprint density at radius 1 is 1.11 bits per heavy atom. The fourth-order valence-electron chi connectivity index (χ4n) is 2.61. The largest absolute Gasteiger partial charge is 0.467 e. The number of benzene rings is 2. The Morgan fingerprint density at radius 2 is 1.81 bits per heavy atom. The molecule has 2 aromatic carbocycles. The van der Waals surface area contributed by atoms with E-state index < -0.39 is 6.04 Å². The van der Waals surface area contributed by atoms with E-state index in [1.54, 1.807) is 6.07 Å². The number of hydrogen-bond donors (Lipinski definition) is 2. The van der Waals surface area contributed by atoms with E-state index in [9.17, 15) is 4.79 Å². The molecule has 1 atom stereocenters. The van der Waals surface area contributed by atoms with Crippen LogP contribution in [0.25, 0.3) is 11.3 Å². The Morgan fingerprint density at radius 3 is 2.48 bits per heavy atom. The third kappa shape index (κ3) is 5.43. The second kappa shape index (κ2) is 9.54. The standard InChI is InChI=1S/C20H20N4O2.ClH/c1-26-20(25)18(11-14-5-3-2-4-6-14)24-19-12-17(22-13-23-19)15-7-9-16(21)10-8-15;/h2-10,12-13,18H,11,21H2,1H3,(H,22,23,24);1H/t18-;/m0./s1. The predicted octanol–water partition coefficient (Wildman–Crippen LogP) is 3.34. The molecule has 7 heteroatoms. The molecule has 0 fully saturated rings. The van der Waals surface area contributed by atoms with E-state index >= 15 is 0 Å². The van der Waals surface area contributed by atoms with Gasteiger partial charge >= 0.3 is 5.97 Å². The molecule has 6 nitrogen and oxygen atoms in total. The van der Waals surface area contributed by atoms with Crippen LogP contribution in [0.4, 0.5) is 11.5 Å². The van der Waals surface area contributed by atoms with Gasteiger partial charge in [0.1, 0.15) is 18.2 Å². The first-order valence-corrected chi connectivity index (χ1v) is 8.22. The maximum atomic E-state index is 12.2. The summed E-state index contributed by atoms with van der Waals surface area (Å²) in [5, 5.41) is 3.15. The molecule has 0 amide bonds. The summed E-state index contributed by atoms with van der Waals surface area (Å²) in [4.78, 5) is 20.7. The number of carbonyl (C=O) groups is 1. The molecule has 0 aliphatic heterocycles. The summed E-state index contributed by atoms with van der Waals surface area (Å²) in [5.41, 5.74) is 9.11. The van der Waals surface area contributed by atoms with Gasteiger partial charge in [0.25, 0.3) is 0 Å². The number of nitrogen functional groups attached to an aromatic ring is 1. The van der Waals surface area contributed by atoms with Crippen molar-refractivity contribution < 1.29 is 9.53 Å². The Labute approximate surface area is 164 Å². The topological polar surface area (TPSA) is 90.1 Å². The van der Waals surface area contributed by atoms with Gasteiger partial charge in [0, 0.05) is 23.7 Å². The van der Waals surface area contributed by atoms with Crippen molar-refractivity contribution in [2.45, 2.75) is 12.5 Å². The lowest BCUT2D eigenvalue weighted by atomic mass is 10.1. The van der Waals surface area contributed by atoms with Gasteiger partial charge in [-0.3, -0.25) is 0 Å². The van der Waals surface area contributed by atoms with Gasteiger partial charge in [-0.1, -0.05) is 42.5 Å². The number of carbonyl (C=O) groups excluding carboxylic acids is 1. The van der Waals surface area contributed by atoms with Crippen LogP contribution in [0.1, 0.15) is 5.56 Å². The smallest absolute Gasteiger partial charge is 0.328 e. The van der Waals surface area contributed by atoms with Crippen molar-refractivity contribution in [1.82, 2.24) is 9.97 Å². The number of methoxy groups -OCH3 is 1. The van der Waals surface area contributed by atoms with Crippen LogP contribution in [0.2, 0.25) is 0 Å². The van der Waals surface area contributed by atoms with E-state index in [0.717, 1.165) is 16.8 Å². The normalized spacial score (nSPS) is 11.1. The van der Waals surface area contributed by atoms with Crippen LogP contribution in [0, 0.1) is 0 Å². The molecule has 0 saturated carbocycles. The highest BCUT2D eigenvalue weighted by molar-refractivity contribution is 5.85. The lowest BCUT2D eigenvalue weighted by Crippen LogP contribution is -2.33. The number of halogens is 1. The third-order valence-electron chi connectivity index (χ3n) is 3.96. The van der Waals surface area contributed by atoms with Crippen molar-refractivity contribution >= 4 is 29.9 Å². The first-order chi connectivity index (χ1) is 12.7. The zero-order valence-corrected chi connectivity index (χ0v) is 15.6. The van der Waals surface area contributed by atoms with Crippen LogP contribution in [0.3, 0.4) is 0 Å².